The predicted octanol–water partition coefficient (Wildman–Crippen LogP) is 3.56. The van der Waals surface area contributed by atoms with Crippen LogP contribution in [0.3, 0.4) is 0 Å². The predicted molar refractivity (Wildman–Crippen MR) is 68.3 cm³/mol. The highest BCUT2D eigenvalue weighted by Crippen LogP contribution is 2.28. The molecule has 2 unspecified atom stereocenters. The summed E-state index contributed by atoms with van der Waals surface area (Å²) in [6.45, 7) is 2.25. The van der Waals surface area contributed by atoms with Crippen molar-refractivity contribution in [3.63, 3.8) is 0 Å². The number of halogens is 1. The minimum atomic E-state index is 0.310. The molecule has 1 heterocycles. The minimum Gasteiger partial charge on any atom is -0.473 e. The Kier molecular flexibility index (Phi) is 4.60. The lowest BCUT2D eigenvalue weighted by molar-refractivity contribution is 0.116. The smallest absolute Gasteiger partial charge is 0.232 e. The fourth-order valence-corrected chi connectivity index (χ4v) is 2.50. The number of rotatable bonds is 4. The third kappa shape index (κ3) is 3.56. The molecule has 1 aliphatic carbocycles. The molecule has 0 aromatic carbocycles. The Labute approximate surface area is 108 Å². The quantitative estimate of drug-likeness (QED) is 0.771. The van der Waals surface area contributed by atoms with Crippen molar-refractivity contribution in [2.24, 2.45) is 5.92 Å². The Morgan fingerprint density at radius 2 is 2.24 bits per heavy atom. The van der Waals surface area contributed by atoms with Crippen molar-refractivity contribution in [3.05, 3.63) is 18.1 Å². The Balaban J connectivity index is 1.90. The van der Waals surface area contributed by atoms with Crippen LogP contribution in [0.25, 0.3) is 0 Å². The molecule has 1 saturated carbocycles. The van der Waals surface area contributed by atoms with Gasteiger partial charge in [0.25, 0.3) is 0 Å². The summed E-state index contributed by atoms with van der Waals surface area (Å²) in [4.78, 5) is 8.41. The molecule has 17 heavy (non-hydrogen) atoms. The molecule has 0 aliphatic heterocycles. The molecule has 94 valence electrons. The topological polar surface area (TPSA) is 35.0 Å². The molecular weight excluding hydrogens is 236 g/mol. The van der Waals surface area contributed by atoms with Crippen LogP contribution in [0.15, 0.2) is 12.4 Å². The highest BCUT2D eigenvalue weighted by molar-refractivity contribution is 6.16. The zero-order valence-electron chi connectivity index (χ0n) is 10.2. The van der Waals surface area contributed by atoms with Gasteiger partial charge in [0, 0.05) is 0 Å². The number of ether oxygens (including phenoxy) is 1. The first-order valence-corrected chi connectivity index (χ1v) is 6.88. The van der Waals surface area contributed by atoms with E-state index < -0.39 is 0 Å². The Bertz CT molecular complexity index is 342. The summed E-state index contributed by atoms with van der Waals surface area (Å²) in [5.41, 5.74) is 0.786. The summed E-state index contributed by atoms with van der Waals surface area (Å²) < 4.78 is 5.87. The highest BCUT2D eigenvalue weighted by atomic mass is 35.5. The SMILES string of the molecule is CCC1CCCC(Oc2cnc(CCl)cn2)C1. The molecule has 0 N–H and O–H groups in total. The van der Waals surface area contributed by atoms with Crippen LogP contribution in [0, 0.1) is 5.92 Å². The van der Waals surface area contributed by atoms with Gasteiger partial charge in [0.15, 0.2) is 0 Å². The number of hydrogen-bond acceptors (Lipinski definition) is 3. The van der Waals surface area contributed by atoms with E-state index in [2.05, 4.69) is 16.9 Å². The minimum absolute atomic E-state index is 0.310. The van der Waals surface area contributed by atoms with E-state index in [4.69, 9.17) is 16.3 Å². The summed E-state index contributed by atoms with van der Waals surface area (Å²) in [5.74, 6) is 1.83. The average molecular weight is 255 g/mol. The van der Waals surface area contributed by atoms with Crippen molar-refractivity contribution in [2.45, 2.75) is 51.0 Å². The standard InChI is InChI=1S/C13H19ClN2O/c1-2-10-4-3-5-12(6-10)17-13-9-15-11(7-14)8-16-13/h8-10,12H,2-7H2,1H3. The van der Waals surface area contributed by atoms with E-state index in [9.17, 15) is 0 Å². The van der Waals surface area contributed by atoms with Gasteiger partial charge < -0.3 is 4.74 Å². The molecule has 0 radical (unpaired) electrons. The fraction of sp³-hybridized carbons (Fsp3) is 0.692. The molecular formula is C13H19ClN2O. The maximum Gasteiger partial charge on any atom is 0.232 e. The van der Waals surface area contributed by atoms with Crippen LogP contribution in [0.1, 0.15) is 44.7 Å². The third-order valence-electron chi connectivity index (χ3n) is 3.42. The van der Waals surface area contributed by atoms with E-state index in [0.29, 0.717) is 17.9 Å². The highest BCUT2D eigenvalue weighted by Gasteiger charge is 2.22. The first kappa shape index (κ1) is 12.6. The van der Waals surface area contributed by atoms with E-state index in [0.717, 1.165) is 24.5 Å². The van der Waals surface area contributed by atoms with Crippen LogP contribution < -0.4 is 4.74 Å². The summed E-state index contributed by atoms with van der Waals surface area (Å²) >= 11 is 5.67. The van der Waals surface area contributed by atoms with Gasteiger partial charge in [-0.05, 0) is 25.2 Å². The van der Waals surface area contributed by atoms with Crippen molar-refractivity contribution in [2.75, 3.05) is 0 Å². The van der Waals surface area contributed by atoms with Gasteiger partial charge in [0.2, 0.25) is 5.88 Å². The summed E-state index contributed by atoms with van der Waals surface area (Å²) in [6.07, 6.45) is 9.80. The lowest BCUT2D eigenvalue weighted by Gasteiger charge is -2.28. The van der Waals surface area contributed by atoms with Gasteiger partial charge in [-0.15, -0.1) is 11.6 Å². The van der Waals surface area contributed by atoms with Crippen LogP contribution >= 0.6 is 11.6 Å². The Morgan fingerprint density at radius 3 is 2.88 bits per heavy atom. The van der Waals surface area contributed by atoms with Crippen molar-refractivity contribution in [1.29, 1.82) is 0 Å². The molecule has 3 nitrogen and oxygen atoms in total. The first-order valence-electron chi connectivity index (χ1n) is 6.35. The molecule has 0 bridgehead atoms. The average Bonchev–Trinajstić information content (AvgIpc) is 2.40. The van der Waals surface area contributed by atoms with Gasteiger partial charge in [-0.2, -0.15) is 0 Å². The zero-order valence-corrected chi connectivity index (χ0v) is 11.0. The van der Waals surface area contributed by atoms with Gasteiger partial charge >= 0.3 is 0 Å². The van der Waals surface area contributed by atoms with Gasteiger partial charge in [-0.3, -0.25) is 4.98 Å². The number of nitrogens with zero attached hydrogens (tertiary/aromatic N) is 2. The molecule has 1 fully saturated rings. The molecule has 1 aromatic rings. The molecule has 1 aliphatic rings. The van der Waals surface area contributed by atoms with Gasteiger partial charge in [-0.25, -0.2) is 4.98 Å². The molecule has 0 saturated heterocycles. The fourth-order valence-electron chi connectivity index (χ4n) is 2.36. The van der Waals surface area contributed by atoms with Crippen LogP contribution in [0.5, 0.6) is 5.88 Å². The second-order valence-electron chi connectivity index (χ2n) is 4.66. The lowest BCUT2D eigenvalue weighted by Crippen LogP contribution is -2.25. The molecule has 0 amide bonds. The number of aromatic nitrogens is 2. The maximum atomic E-state index is 5.87. The first-order chi connectivity index (χ1) is 8.31. The number of alkyl halides is 1. The van der Waals surface area contributed by atoms with Crippen molar-refractivity contribution in [3.8, 4) is 5.88 Å². The zero-order chi connectivity index (χ0) is 12.1. The molecule has 4 heteroatoms. The van der Waals surface area contributed by atoms with Crippen LogP contribution in [-0.4, -0.2) is 16.1 Å². The molecule has 1 aromatic heterocycles. The summed E-state index contributed by atoms with van der Waals surface area (Å²) in [5, 5.41) is 0. The Morgan fingerprint density at radius 1 is 1.35 bits per heavy atom. The largest absolute Gasteiger partial charge is 0.473 e. The monoisotopic (exact) mass is 254 g/mol. The molecule has 0 spiro atoms. The second-order valence-corrected chi connectivity index (χ2v) is 4.93. The van der Waals surface area contributed by atoms with Crippen molar-refractivity contribution < 1.29 is 4.74 Å². The summed E-state index contributed by atoms with van der Waals surface area (Å²) in [7, 11) is 0. The van der Waals surface area contributed by atoms with Gasteiger partial charge in [0.05, 0.1) is 24.0 Å². The normalized spacial score (nSPS) is 24.6. The van der Waals surface area contributed by atoms with E-state index >= 15 is 0 Å². The number of hydrogen-bond donors (Lipinski definition) is 0. The van der Waals surface area contributed by atoms with Crippen LogP contribution in [0.2, 0.25) is 0 Å². The molecule has 2 rings (SSSR count). The van der Waals surface area contributed by atoms with Gasteiger partial charge in [0.1, 0.15) is 6.10 Å². The third-order valence-corrected chi connectivity index (χ3v) is 3.69. The van der Waals surface area contributed by atoms with Crippen LogP contribution in [0.4, 0.5) is 0 Å². The van der Waals surface area contributed by atoms with Gasteiger partial charge in [-0.1, -0.05) is 19.8 Å². The van der Waals surface area contributed by atoms with E-state index in [1.807, 2.05) is 0 Å². The van der Waals surface area contributed by atoms with E-state index in [1.165, 1.54) is 19.3 Å². The van der Waals surface area contributed by atoms with E-state index in [1.54, 1.807) is 12.4 Å². The van der Waals surface area contributed by atoms with Crippen molar-refractivity contribution >= 4 is 11.6 Å². The summed E-state index contributed by atoms with van der Waals surface area (Å²) in [6, 6.07) is 0. The van der Waals surface area contributed by atoms with Crippen molar-refractivity contribution in [1.82, 2.24) is 9.97 Å². The Hall–Kier alpha value is -0.830. The van der Waals surface area contributed by atoms with Crippen LogP contribution in [-0.2, 0) is 5.88 Å². The second kappa shape index (κ2) is 6.20. The van der Waals surface area contributed by atoms with E-state index in [-0.39, 0.29) is 0 Å². The maximum absolute atomic E-state index is 5.87. The lowest BCUT2D eigenvalue weighted by atomic mass is 9.85. The molecule has 2 atom stereocenters.